The van der Waals surface area contributed by atoms with Gasteiger partial charge in [-0.2, -0.15) is 18.2 Å². The number of carbonyl (C=O) groups excluding carboxylic acids is 1. The van der Waals surface area contributed by atoms with Crippen molar-refractivity contribution < 1.29 is 27.4 Å². The van der Waals surface area contributed by atoms with Crippen molar-refractivity contribution in [1.29, 1.82) is 0 Å². The second-order valence-corrected chi connectivity index (χ2v) is 6.30. The van der Waals surface area contributed by atoms with Crippen molar-refractivity contribution in [1.82, 2.24) is 19.9 Å². The number of halogens is 3. The summed E-state index contributed by atoms with van der Waals surface area (Å²) in [6.07, 6.45) is 0.900. The molecule has 29 heavy (non-hydrogen) atoms. The number of hydrogen-bond acceptors (Lipinski definition) is 8. The maximum Gasteiger partial charge on any atom is 0.422 e. The molecule has 2 N–H and O–H groups in total. The molecule has 3 rings (SSSR count). The van der Waals surface area contributed by atoms with E-state index >= 15 is 0 Å². The van der Waals surface area contributed by atoms with E-state index in [9.17, 15) is 18.0 Å². The Morgan fingerprint density at radius 2 is 2.07 bits per heavy atom. The van der Waals surface area contributed by atoms with Crippen LogP contribution in [0.15, 0.2) is 24.8 Å². The Balaban J connectivity index is 1.62. The van der Waals surface area contributed by atoms with E-state index in [0.29, 0.717) is 25.7 Å². The predicted octanol–water partition coefficient (Wildman–Crippen LogP) is 2.30. The lowest BCUT2D eigenvalue weighted by atomic mass is 10.0. The van der Waals surface area contributed by atoms with Crippen LogP contribution in [0.1, 0.15) is 23.3 Å². The zero-order chi connectivity index (χ0) is 20.7. The molecule has 3 heterocycles. The normalized spacial score (nSPS) is 15.0. The van der Waals surface area contributed by atoms with Crippen LogP contribution in [0.4, 0.5) is 24.8 Å². The van der Waals surface area contributed by atoms with Gasteiger partial charge in [-0.25, -0.2) is 15.0 Å². The smallest absolute Gasteiger partial charge is 0.422 e. The van der Waals surface area contributed by atoms with E-state index in [1.807, 2.05) is 0 Å². The molecule has 2 aromatic rings. The van der Waals surface area contributed by atoms with Gasteiger partial charge >= 0.3 is 6.18 Å². The van der Waals surface area contributed by atoms with E-state index in [-0.39, 0.29) is 17.3 Å². The number of amides is 1. The molecular weight excluding hydrogens is 393 g/mol. The summed E-state index contributed by atoms with van der Waals surface area (Å²) in [6.45, 7) is 0.540. The van der Waals surface area contributed by atoms with Crippen LogP contribution >= 0.6 is 0 Å². The Morgan fingerprint density at radius 3 is 2.83 bits per heavy atom. The molecule has 0 atom stereocenters. The molecule has 0 spiro atoms. The van der Waals surface area contributed by atoms with E-state index in [1.165, 1.54) is 12.3 Å². The Morgan fingerprint density at radius 1 is 1.28 bits per heavy atom. The first kappa shape index (κ1) is 20.7. The van der Waals surface area contributed by atoms with Crippen molar-refractivity contribution in [3.8, 4) is 5.88 Å². The summed E-state index contributed by atoms with van der Waals surface area (Å²) >= 11 is 0. The zero-order valence-corrected chi connectivity index (χ0v) is 15.3. The predicted molar refractivity (Wildman–Crippen MR) is 95.6 cm³/mol. The van der Waals surface area contributed by atoms with Crippen LogP contribution in [0.5, 0.6) is 5.88 Å². The molecule has 9 nitrogen and oxygen atoms in total. The van der Waals surface area contributed by atoms with Crippen molar-refractivity contribution in [2.45, 2.75) is 19.0 Å². The number of nitrogens with one attached hydrogen (secondary N) is 2. The molecule has 0 unspecified atom stereocenters. The summed E-state index contributed by atoms with van der Waals surface area (Å²) in [5.74, 6) is -0.340. The highest BCUT2D eigenvalue weighted by molar-refractivity contribution is 6.03. The average Bonchev–Trinajstić information content (AvgIpc) is 2.72. The molecule has 1 amide bonds. The van der Waals surface area contributed by atoms with Gasteiger partial charge in [0.25, 0.3) is 5.91 Å². The standard InChI is InChI=1S/C17H19F3N6O3/c18-17(19,20)9-29-15-13(8-21-10-24-15)25-14(27)12-1-4-22-16(26-12)23-7-11-2-5-28-6-3-11/h1,4,8,10-11H,2-3,5-7,9H2,(H,25,27)(H,22,23,26). The third-order valence-corrected chi connectivity index (χ3v) is 4.07. The Bertz CT molecular complexity index is 830. The Labute approximate surface area is 164 Å². The van der Waals surface area contributed by atoms with Gasteiger partial charge in [0.1, 0.15) is 17.7 Å². The SMILES string of the molecule is O=C(Nc1cncnc1OCC(F)(F)F)c1ccnc(NCC2CCOCC2)n1. The van der Waals surface area contributed by atoms with Crippen LogP contribution in [0.3, 0.4) is 0 Å². The van der Waals surface area contributed by atoms with Crippen LogP contribution in [-0.2, 0) is 4.74 Å². The van der Waals surface area contributed by atoms with Gasteiger partial charge in [0.2, 0.25) is 11.8 Å². The molecule has 12 heteroatoms. The largest absolute Gasteiger partial charge is 0.466 e. The summed E-state index contributed by atoms with van der Waals surface area (Å²) in [6, 6.07) is 1.38. The van der Waals surface area contributed by atoms with Gasteiger partial charge in [0.15, 0.2) is 6.61 Å². The third kappa shape index (κ3) is 6.52. The number of anilines is 2. The number of aromatic nitrogens is 4. The molecular formula is C17H19F3N6O3. The van der Waals surface area contributed by atoms with E-state index in [0.717, 1.165) is 25.4 Å². The van der Waals surface area contributed by atoms with Crippen LogP contribution in [0.25, 0.3) is 0 Å². The average molecular weight is 412 g/mol. The number of ether oxygens (including phenoxy) is 2. The Kier molecular flexibility index (Phi) is 6.75. The van der Waals surface area contributed by atoms with Gasteiger partial charge in [0.05, 0.1) is 6.20 Å². The second-order valence-electron chi connectivity index (χ2n) is 6.30. The highest BCUT2D eigenvalue weighted by Crippen LogP contribution is 2.23. The summed E-state index contributed by atoms with van der Waals surface area (Å²) in [5, 5.41) is 5.49. The number of hydrogen-bond donors (Lipinski definition) is 2. The third-order valence-electron chi connectivity index (χ3n) is 4.07. The number of nitrogens with zero attached hydrogens (tertiary/aromatic N) is 4. The molecule has 0 aliphatic carbocycles. The van der Waals surface area contributed by atoms with Gasteiger partial charge < -0.3 is 20.1 Å². The minimum Gasteiger partial charge on any atom is -0.466 e. The lowest BCUT2D eigenvalue weighted by molar-refractivity contribution is -0.153. The molecule has 0 aromatic carbocycles. The Hall–Kier alpha value is -3.02. The van der Waals surface area contributed by atoms with E-state index in [2.05, 4.69) is 35.3 Å². The number of alkyl halides is 3. The molecule has 1 fully saturated rings. The summed E-state index contributed by atoms with van der Waals surface area (Å²) in [5.41, 5.74) is -0.0721. The fraction of sp³-hybridized carbons (Fsp3) is 0.471. The molecule has 1 aliphatic heterocycles. The van der Waals surface area contributed by atoms with Gasteiger partial charge in [-0.05, 0) is 24.8 Å². The van der Waals surface area contributed by atoms with Crippen LogP contribution in [0, 0.1) is 5.92 Å². The van der Waals surface area contributed by atoms with Crippen molar-refractivity contribution in [2.24, 2.45) is 5.92 Å². The van der Waals surface area contributed by atoms with Gasteiger partial charge in [-0.1, -0.05) is 0 Å². The molecule has 1 aliphatic rings. The molecule has 0 radical (unpaired) electrons. The summed E-state index contributed by atoms with van der Waals surface area (Å²) < 4.78 is 47.0. The first-order valence-electron chi connectivity index (χ1n) is 8.86. The quantitative estimate of drug-likeness (QED) is 0.713. The summed E-state index contributed by atoms with van der Waals surface area (Å²) in [7, 11) is 0. The first-order chi connectivity index (χ1) is 13.9. The van der Waals surface area contributed by atoms with Crippen molar-refractivity contribution in [3.63, 3.8) is 0 Å². The lowest BCUT2D eigenvalue weighted by Gasteiger charge is -2.22. The van der Waals surface area contributed by atoms with Gasteiger partial charge in [-0.15, -0.1) is 0 Å². The van der Waals surface area contributed by atoms with Crippen LogP contribution in [0.2, 0.25) is 0 Å². The molecule has 0 saturated carbocycles. The number of rotatable bonds is 7. The fourth-order valence-corrected chi connectivity index (χ4v) is 2.61. The molecule has 2 aromatic heterocycles. The van der Waals surface area contributed by atoms with Crippen LogP contribution in [-0.4, -0.2) is 58.4 Å². The lowest BCUT2D eigenvalue weighted by Crippen LogP contribution is -2.24. The van der Waals surface area contributed by atoms with E-state index in [1.54, 1.807) is 0 Å². The zero-order valence-electron chi connectivity index (χ0n) is 15.3. The highest BCUT2D eigenvalue weighted by atomic mass is 19.4. The maximum absolute atomic E-state index is 12.4. The van der Waals surface area contributed by atoms with E-state index < -0.39 is 24.6 Å². The monoisotopic (exact) mass is 412 g/mol. The summed E-state index contributed by atoms with van der Waals surface area (Å²) in [4.78, 5) is 28.0. The topological polar surface area (TPSA) is 111 Å². The van der Waals surface area contributed by atoms with Crippen LogP contribution < -0.4 is 15.4 Å². The second kappa shape index (κ2) is 9.45. The maximum atomic E-state index is 12.4. The van der Waals surface area contributed by atoms with Gasteiger partial charge in [0, 0.05) is 26.0 Å². The van der Waals surface area contributed by atoms with E-state index in [4.69, 9.17) is 4.74 Å². The fourth-order valence-electron chi connectivity index (χ4n) is 2.61. The minimum atomic E-state index is -4.54. The highest BCUT2D eigenvalue weighted by Gasteiger charge is 2.29. The molecule has 156 valence electrons. The molecule has 1 saturated heterocycles. The van der Waals surface area contributed by atoms with Crippen molar-refractivity contribution in [2.75, 3.05) is 37.0 Å². The van der Waals surface area contributed by atoms with Gasteiger partial charge in [-0.3, -0.25) is 4.79 Å². The minimum absolute atomic E-state index is 0.0279. The van der Waals surface area contributed by atoms with Crippen molar-refractivity contribution >= 4 is 17.5 Å². The molecule has 0 bridgehead atoms. The van der Waals surface area contributed by atoms with Crippen molar-refractivity contribution in [3.05, 3.63) is 30.5 Å². The first-order valence-corrected chi connectivity index (χ1v) is 8.86. The number of carbonyl (C=O) groups is 1.